The van der Waals surface area contributed by atoms with Gasteiger partial charge in [0.25, 0.3) is 11.8 Å². The van der Waals surface area contributed by atoms with Gasteiger partial charge in [-0.15, -0.1) is 0 Å². The lowest BCUT2D eigenvalue weighted by Gasteiger charge is -2.37. The van der Waals surface area contributed by atoms with Gasteiger partial charge in [0.1, 0.15) is 6.61 Å². The van der Waals surface area contributed by atoms with Gasteiger partial charge < -0.3 is 28.7 Å². The van der Waals surface area contributed by atoms with Gasteiger partial charge in [-0.25, -0.2) is 0 Å². The minimum Gasteiger partial charge on any atom is -0.485 e. The molecule has 1 atom stereocenters. The van der Waals surface area contributed by atoms with Crippen molar-refractivity contribution in [2.24, 2.45) is 0 Å². The Kier molecular flexibility index (Phi) is 4.38. The maximum Gasteiger partial charge on any atom is 0.267 e. The van der Waals surface area contributed by atoms with E-state index in [1.54, 1.807) is 34.1 Å². The van der Waals surface area contributed by atoms with Crippen molar-refractivity contribution >= 4 is 11.8 Å². The number of piperazine rings is 1. The number of para-hydroxylation sites is 2. The van der Waals surface area contributed by atoms with E-state index >= 15 is 0 Å². The van der Waals surface area contributed by atoms with E-state index in [0.29, 0.717) is 54.7 Å². The molecule has 0 N–H and O–H groups in total. The Hall–Kier alpha value is -3.42. The van der Waals surface area contributed by atoms with Crippen LogP contribution in [0.2, 0.25) is 0 Å². The molecule has 2 amide bonds. The highest BCUT2D eigenvalue weighted by atomic mass is 16.7. The monoisotopic (exact) mass is 396 g/mol. The zero-order chi connectivity index (χ0) is 19.8. The fraction of sp³-hybridized carbons (Fsp3) is 0.333. The van der Waals surface area contributed by atoms with Crippen molar-refractivity contribution in [1.82, 2.24) is 9.80 Å². The van der Waals surface area contributed by atoms with Crippen LogP contribution in [0.3, 0.4) is 0 Å². The van der Waals surface area contributed by atoms with Crippen molar-refractivity contribution < 1.29 is 28.5 Å². The third-order valence-electron chi connectivity index (χ3n) is 5.28. The van der Waals surface area contributed by atoms with Crippen LogP contribution in [0.1, 0.15) is 10.4 Å². The highest BCUT2D eigenvalue weighted by molar-refractivity contribution is 5.95. The maximum absolute atomic E-state index is 12.8. The molecule has 0 radical (unpaired) electrons. The lowest BCUT2D eigenvalue weighted by Crippen LogP contribution is -2.55. The van der Waals surface area contributed by atoms with Gasteiger partial charge in [0.2, 0.25) is 12.9 Å². The summed E-state index contributed by atoms with van der Waals surface area (Å²) in [7, 11) is 0. The molecule has 150 valence electrons. The summed E-state index contributed by atoms with van der Waals surface area (Å²) in [6, 6.07) is 12.5. The molecule has 0 aromatic heterocycles. The number of nitrogens with zero attached hydrogens (tertiary/aromatic N) is 2. The number of hydrogen-bond acceptors (Lipinski definition) is 6. The molecule has 3 heterocycles. The number of hydrogen-bond donors (Lipinski definition) is 0. The first-order valence-electron chi connectivity index (χ1n) is 9.55. The molecular weight excluding hydrogens is 376 g/mol. The van der Waals surface area contributed by atoms with Crippen molar-refractivity contribution in [2.45, 2.75) is 6.10 Å². The zero-order valence-electron chi connectivity index (χ0n) is 15.7. The molecule has 8 heteroatoms. The Morgan fingerprint density at radius 2 is 1.48 bits per heavy atom. The largest absolute Gasteiger partial charge is 0.485 e. The summed E-state index contributed by atoms with van der Waals surface area (Å²) < 4.78 is 22.1. The topological polar surface area (TPSA) is 77.5 Å². The van der Waals surface area contributed by atoms with Crippen LogP contribution in [0.25, 0.3) is 0 Å². The van der Waals surface area contributed by atoms with E-state index < -0.39 is 6.10 Å². The second-order valence-electron chi connectivity index (χ2n) is 7.05. The number of rotatable bonds is 2. The van der Waals surface area contributed by atoms with Gasteiger partial charge >= 0.3 is 0 Å². The van der Waals surface area contributed by atoms with E-state index in [2.05, 4.69) is 0 Å². The molecule has 5 rings (SSSR count). The number of benzene rings is 2. The van der Waals surface area contributed by atoms with E-state index in [0.717, 1.165) is 0 Å². The Balaban J connectivity index is 1.19. The van der Waals surface area contributed by atoms with Gasteiger partial charge in [-0.2, -0.15) is 0 Å². The van der Waals surface area contributed by atoms with Crippen molar-refractivity contribution in [3.8, 4) is 23.0 Å². The van der Waals surface area contributed by atoms with Crippen LogP contribution in [0.4, 0.5) is 0 Å². The molecule has 0 unspecified atom stereocenters. The van der Waals surface area contributed by atoms with Crippen LogP contribution >= 0.6 is 0 Å². The second-order valence-corrected chi connectivity index (χ2v) is 7.05. The number of amides is 2. The van der Waals surface area contributed by atoms with Gasteiger partial charge in [-0.05, 0) is 30.3 Å². The minimum absolute atomic E-state index is 0.0819. The highest BCUT2D eigenvalue weighted by Gasteiger charge is 2.33. The second kappa shape index (κ2) is 7.20. The van der Waals surface area contributed by atoms with Gasteiger partial charge in [-0.1, -0.05) is 12.1 Å². The SMILES string of the molecule is O=C(c1ccc2c(c1)OCO2)N1CCN(C(=O)[C@H]2COc3ccccc3O2)CC1. The molecule has 2 aromatic rings. The van der Waals surface area contributed by atoms with E-state index in [4.69, 9.17) is 18.9 Å². The fourth-order valence-electron chi connectivity index (χ4n) is 3.69. The number of carbonyl (C=O) groups is 2. The highest BCUT2D eigenvalue weighted by Crippen LogP contribution is 2.33. The van der Waals surface area contributed by atoms with E-state index in [-0.39, 0.29) is 25.2 Å². The van der Waals surface area contributed by atoms with Crippen molar-refractivity contribution in [2.75, 3.05) is 39.6 Å². The molecular formula is C21H20N2O6. The summed E-state index contributed by atoms with van der Waals surface area (Å²) in [5.74, 6) is 2.26. The van der Waals surface area contributed by atoms with Crippen LogP contribution in [0.5, 0.6) is 23.0 Å². The number of carbonyl (C=O) groups excluding carboxylic acids is 2. The van der Waals surface area contributed by atoms with Gasteiger partial charge in [-0.3, -0.25) is 9.59 Å². The summed E-state index contributed by atoms with van der Waals surface area (Å²) in [6.45, 7) is 2.19. The van der Waals surface area contributed by atoms with Crippen molar-refractivity contribution in [3.63, 3.8) is 0 Å². The first-order valence-corrected chi connectivity index (χ1v) is 9.55. The fourth-order valence-corrected chi connectivity index (χ4v) is 3.69. The van der Waals surface area contributed by atoms with Gasteiger partial charge in [0.15, 0.2) is 23.0 Å². The summed E-state index contributed by atoms with van der Waals surface area (Å²) in [4.78, 5) is 29.1. The van der Waals surface area contributed by atoms with Crippen LogP contribution < -0.4 is 18.9 Å². The number of fused-ring (bicyclic) bond motifs is 2. The predicted molar refractivity (Wildman–Crippen MR) is 101 cm³/mol. The molecule has 0 aliphatic carbocycles. The quantitative estimate of drug-likeness (QED) is 0.767. The van der Waals surface area contributed by atoms with Gasteiger partial charge in [0, 0.05) is 31.7 Å². The standard InChI is InChI=1S/C21H20N2O6/c24-20(14-5-6-16-18(11-14)28-13-27-16)22-7-9-23(10-8-22)21(25)19-12-26-15-3-1-2-4-17(15)29-19/h1-6,11,19H,7-10,12-13H2/t19-/m1/s1. The summed E-state index contributed by atoms with van der Waals surface area (Å²) in [5, 5.41) is 0. The van der Waals surface area contributed by atoms with Crippen molar-refractivity contribution in [1.29, 1.82) is 0 Å². The molecule has 1 saturated heterocycles. The lowest BCUT2D eigenvalue weighted by molar-refractivity contribution is -0.142. The summed E-state index contributed by atoms with van der Waals surface area (Å²) in [6.07, 6.45) is -0.666. The number of ether oxygens (including phenoxy) is 4. The molecule has 3 aliphatic heterocycles. The third-order valence-corrected chi connectivity index (χ3v) is 5.28. The summed E-state index contributed by atoms with van der Waals surface area (Å²) in [5.41, 5.74) is 0.551. The Morgan fingerprint density at radius 3 is 2.31 bits per heavy atom. The van der Waals surface area contributed by atoms with Crippen molar-refractivity contribution in [3.05, 3.63) is 48.0 Å². The first-order chi connectivity index (χ1) is 14.2. The minimum atomic E-state index is -0.666. The zero-order valence-corrected chi connectivity index (χ0v) is 15.7. The average molecular weight is 396 g/mol. The Morgan fingerprint density at radius 1 is 0.793 bits per heavy atom. The smallest absolute Gasteiger partial charge is 0.267 e. The molecule has 0 saturated carbocycles. The van der Waals surface area contributed by atoms with Crippen LogP contribution in [-0.2, 0) is 4.79 Å². The van der Waals surface area contributed by atoms with Crippen LogP contribution in [0, 0.1) is 0 Å². The molecule has 1 fully saturated rings. The predicted octanol–water partition coefficient (Wildman–Crippen LogP) is 1.54. The Labute approximate surface area is 167 Å². The molecule has 3 aliphatic rings. The molecule has 2 aromatic carbocycles. The summed E-state index contributed by atoms with van der Waals surface area (Å²) >= 11 is 0. The average Bonchev–Trinajstić information content (AvgIpc) is 3.26. The first kappa shape index (κ1) is 17.7. The van der Waals surface area contributed by atoms with E-state index in [9.17, 15) is 9.59 Å². The van der Waals surface area contributed by atoms with Crippen LogP contribution in [0.15, 0.2) is 42.5 Å². The lowest BCUT2D eigenvalue weighted by atomic mass is 10.1. The van der Waals surface area contributed by atoms with Gasteiger partial charge in [0.05, 0.1) is 0 Å². The molecule has 29 heavy (non-hydrogen) atoms. The molecule has 8 nitrogen and oxygen atoms in total. The maximum atomic E-state index is 12.8. The molecule has 0 bridgehead atoms. The Bertz CT molecular complexity index is 954. The van der Waals surface area contributed by atoms with Crippen LogP contribution in [-0.4, -0.2) is 67.3 Å². The molecule has 0 spiro atoms. The normalized spacial score (nSPS) is 19.8. The third kappa shape index (κ3) is 3.30. The van der Waals surface area contributed by atoms with E-state index in [1.165, 1.54) is 0 Å². The van der Waals surface area contributed by atoms with E-state index in [1.807, 2.05) is 18.2 Å².